The third-order valence-electron chi connectivity index (χ3n) is 3.17. The van der Waals surface area contributed by atoms with Gasteiger partial charge in [-0.2, -0.15) is 0 Å². The molecule has 0 bridgehead atoms. The number of hydrogen-bond donors (Lipinski definition) is 2. The Morgan fingerprint density at radius 1 is 1.08 bits per heavy atom. The van der Waals surface area contributed by atoms with Crippen molar-refractivity contribution >= 4 is 27.5 Å². The molecule has 0 aliphatic carbocycles. The fourth-order valence-corrected chi connectivity index (χ4v) is 3.31. The molecule has 3 rings (SSSR count). The number of benzene rings is 2. The lowest BCUT2D eigenvalue weighted by atomic mass is 10.2. The summed E-state index contributed by atoms with van der Waals surface area (Å²) >= 11 is 5.86. The largest absolute Gasteiger partial charge is 0.273 e. The van der Waals surface area contributed by atoms with Crippen molar-refractivity contribution in [2.24, 2.45) is 0 Å². The number of sulfonamides is 1. The maximum atomic E-state index is 12.2. The average molecular weight is 379 g/mol. The zero-order valence-corrected chi connectivity index (χ0v) is 14.1. The number of carbonyl (C=O) groups excluding carboxylic acids is 1. The fraction of sp³-hybridized carbons (Fsp3) is 0. The van der Waals surface area contributed by atoms with Crippen molar-refractivity contribution in [3.8, 4) is 5.69 Å². The molecule has 0 saturated heterocycles. The smallest absolute Gasteiger partial charge is 0.266 e. The lowest BCUT2D eigenvalue weighted by molar-refractivity contribution is 0.0945. The standard InChI is InChI=1S/C14H11ClN6O3S/c15-12-3-1-2-4-13(12)25(23,24)20-17-14(22)10-5-7-11(8-6-10)21-9-16-18-19-21/h1-9,20H,(H,17,22). The van der Waals surface area contributed by atoms with E-state index in [4.69, 9.17) is 11.6 Å². The van der Waals surface area contributed by atoms with E-state index in [-0.39, 0.29) is 15.5 Å². The molecule has 1 aromatic heterocycles. The molecule has 25 heavy (non-hydrogen) atoms. The van der Waals surface area contributed by atoms with E-state index in [0.717, 1.165) is 0 Å². The van der Waals surface area contributed by atoms with Crippen LogP contribution in [0.3, 0.4) is 0 Å². The molecule has 0 unspecified atom stereocenters. The topological polar surface area (TPSA) is 119 Å². The third kappa shape index (κ3) is 3.82. The molecule has 0 aliphatic rings. The van der Waals surface area contributed by atoms with Gasteiger partial charge in [0.2, 0.25) is 0 Å². The SMILES string of the molecule is O=C(NNS(=O)(=O)c1ccccc1Cl)c1ccc(-n2cnnn2)cc1. The normalized spacial score (nSPS) is 11.2. The molecule has 0 radical (unpaired) electrons. The lowest BCUT2D eigenvalue weighted by Gasteiger charge is -2.10. The Morgan fingerprint density at radius 3 is 2.44 bits per heavy atom. The maximum Gasteiger partial charge on any atom is 0.266 e. The van der Waals surface area contributed by atoms with Crippen LogP contribution in [-0.2, 0) is 10.0 Å². The number of aromatic nitrogens is 4. The minimum absolute atomic E-state index is 0.0510. The molecule has 9 nitrogen and oxygen atoms in total. The van der Waals surface area contributed by atoms with Crippen molar-refractivity contribution in [1.82, 2.24) is 30.5 Å². The first kappa shape index (κ1) is 17.0. The molecule has 0 saturated carbocycles. The molecular weight excluding hydrogens is 368 g/mol. The third-order valence-corrected chi connectivity index (χ3v) is 4.92. The van der Waals surface area contributed by atoms with E-state index in [1.54, 1.807) is 18.2 Å². The van der Waals surface area contributed by atoms with Crippen LogP contribution in [-0.4, -0.2) is 34.5 Å². The highest BCUT2D eigenvalue weighted by Gasteiger charge is 2.18. The summed E-state index contributed by atoms with van der Waals surface area (Å²) in [4.78, 5) is 14.0. The number of hydrazine groups is 1. The Labute approximate surface area is 147 Å². The van der Waals surface area contributed by atoms with Crippen LogP contribution < -0.4 is 10.3 Å². The number of halogens is 1. The molecule has 3 aromatic rings. The van der Waals surface area contributed by atoms with Crippen LogP contribution in [0.2, 0.25) is 5.02 Å². The van der Waals surface area contributed by atoms with Crippen molar-refractivity contribution in [3.63, 3.8) is 0 Å². The highest BCUT2D eigenvalue weighted by atomic mass is 35.5. The van der Waals surface area contributed by atoms with E-state index >= 15 is 0 Å². The van der Waals surface area contributed by atoms with E-state index in [2.05, 4.69) is 21.0 Å². The van der Waals surface area contributed by atoms with Crippen molar-refractivity contribution in [2.75, 3.05) is 0 Å². The van der Waals surface area contributed by atoms with Gasteiger partial charge >= 0.3 is 0 Å². The minimum atomic E-state index is -3.98. The summed E-state index contributed by atoms with van der Waals surface area (Å²) in [5.74, 6) is -0.626. The monoisotopic (exact) mass is 378 g/mol. The van der Waals surface area contributed by atoms with Gasteiger partial charge in [-0.15, -0.1) is 9.93 Å². The number of hydrogen-bond acceptors (Lipinski definition) is 6. The van der Waals surface area contributed by atoms with Crippen LogP contribution >= 0.6 is 11.6 Å². The summed E-state index contributed by atoms with van der Waals surface area (Å²) in [6, 6.07) is 12.2. The maximum absolute atomic E-state index is 12.2. The van der Waals surface area contributed by atoms with E-state index in [9.17, 15) is 13.2 Å². The zero-order chi connectivity index (χ0) is 17.9. The molecular formula is C14H11ClN6O3S. The fourth-order valence-electron chi connectivity index (χ4n) is 1.95. The molecule has 2 aromatic carbocycles. The first-order valence-electron chi connectivity index (χ1n) is 6.87. The van der Waals surface area contributed by atoms with E-state index < -0.39 is 15.9 Å². The first-order valence-corrected chi connectivity index (χ1v) is 8.73. The molecule has 1 heterocycles. The van der Waals surface area contributed by atoms with Crippen molar-refractivity contribution in [3.05, 3.63) is 65.4 Å². The number of nitrogens with zero attached hydrogens (tertiary/aromatic N) is 4. The van der Waals surface area contributed by atoms with Crippen LogP contribution in [0.15, 0.2) is 59.8 Å². The first-order chi connectivity index (χ1) is 12.0. The number of tetrazole rings is 1. The minimum Gasteiger partial charge on any atom is -0.273 e. The second-order valence-corrected chi connectivity index (χ2v) is 6.85. The van der Waals surface area contributed by atoms with Gasteiger partial charge in [-0.25, -0.2) is 13.1 Å². The Bertz CT molecular complexity index is 990. The second kappa shape index (κ2) is 6.97. The van der Waals surface area contributed by atoms with Crippen LogP contribution in [0.1, 0.15) is 10.4 Å². The summed E-state index contributed by atoms with van der Waals surface area (Å²) in [6.07, 6.45) is 1.41. The van der Waals surface area contributed by atoms with Gasteiger partial charge in [-0.3, -0.25) is 10.2 Å². The number of amides is 1. The zero-order valence-electron chi connectivity index (χ0n) is 12.5. The predicted molar refractivity (Wildman–Crippen MR) is 88.4 cm³/mol. The number of carbonyl (C=O) groups is 1. The summed E-state index contributed by atoms with van der Waals surface area (Å²) in [5.41, 5.74) is 3.04. The summed E-state index contributed by atoms with van der Waals surface area (Å²) < 4.78 is 25.7. The van der Waals surface area contributed by atoms with Gasteiger partial charge in [0.05, 0.1) is 10.7 Å². The number of rotatable bonds is 5. The van der Waals surface area contributed by atoms with Gasteiger partial charge < -0.3 is 0 Å². The molecule has 0 atom stereocenters. The Kier molecular flexibility index (Phi) is 4.74. The molecule has 1 amide bonds. The average Bonchev–Trinajstić information content (AvgIpc) is 3.15. The van der Waals surface area contributed by atoms with Crippen molar-refractivity contribution < 1.29 is 13.2 Å². The summed E-state index contributed by atoms with van der Waals surface area (Å²) in [5, 5.41) is 10.8. The van der Waals surface area contributed by atoms with Crippen LogP contribution in [0, 0.1) is 0 Å². The molecule has 128 valence electrons. The van der Waals surface area contributed by atoms with Gasteiger partial charge in [0, 0.05) is 5.56 Å². The van der Waals surface area contributed by atoms with Crippen molar-refractivity contribution in [2.45, 2.75) is 4.90 Å². The van der Waals surface area contributed by atoms with Crippen LogP contribution in [0.25, 0.3) is 5.69 Å². The molecule has 11 heteroatoms. The second-order valence-electron chi connectivity index (χ2n) is 4.79. The van der Waals surface area contributed by atoms with Crippen LogP contribution in [0.5, 0.6) is 0 Å². The molecule has 0 spiro atoms. The molecule has 0 aliphatic heterocycles. The summed E-state index contributed by atoms with van der Waals surface area (Å²) in [7, 11) is -3.98. The van der Waals surface area contributed by atoms with E-state index in [0.29, 0.717) is 5.69 Å². The van der Waals surface area contributed by atoms with E-state index in [1.165, 1.54) is 41.3 Å². The number of nitrogens with one attached hydrogen (secondary N) is 2. The highest BCUT2D eigenvalue weighted by molar-refractivity contribution is 7.89. The van der Waals surface area contributed by atoms with Gasteiger partial charge in [0.15, 0.2) is 0 Å². The Hall–Kier alpha value is -2.82. The molecule has 2 N–H and O–H groups in total. The predicted octanol–water partition coefficient (Wildman–Crippen LogP) is 0.939. The van der Waals surface area contributed by atoms with Gasteiger partial charge in [0.25, 0.3) is 15.9 Å². The highest BCUT2D eigenvalue weighted by Crippen LogP contribution is 2.19. The van der Waals surface area contributed by atoms with Gasteiger partial charge in [0.1, 0.15) is 11.2 Å². The Morgan fingerprint density at radius 2 is 1.80 bits per heavy atom. The van der Waals surface area contributed by atoms with Gasteiger partial charge in [-0.1, -0.05) is 23.7 Å². The van der Waals surface area contributed by atoms with E-state index in [1.807, 2.05) is 4.83 Å². The quantitative estimate of drug-likeness (QED) is 0.638. The lowest BCUT2D eigenvalue weighted by Crippen LogP contribution is -2.41. The van der Waals surface area contributed by atoms with Gasteiger partial charge in [-0.05, 0) is 46.8 Å². The van der Waals surface area contributed by atoms with Crippen LogP contribution in [0.4, 0.5) is 0 Å². The summed E-state index contributed by atoms with van der Waals surface area (Å²) in [6.45, 7) is 0. The van der Waals surface area contributed by atoms with Crippen molar-refractivity contribution in [1.29, 1.82) is 0 Å². The Balaban J connectivity index is 1.69. The molecule has 0 fully saturated rings.